The quantitative estimate of drug-likeness (QED) is 0.729. The lowest BCUT2D eigenvalue weighted by Gasteiger charge is -2.12. The highest BCUT2D eigenvalue weighted by Crippen LogP contribution is 2.29. The van der Waals surface area contributed by atoms with Crippen LogP contribution in [0.25, 0.3) is 10.9 Å². The van der Waals surface area contributed by atoms with Gasteiger partial charge >= 0.3 is 0 Å². The molecule has 1 heterocycles. The summed E-state index contributed by atoms with van der Waals surface area (Å²) in [6.07, 6.45) is 1.83. The van der Waals surface area contributed by atoms with Crippen LogP contribution in [0, 0.1) is 0 Å². The van der Waals surface area contributed by atoms with E-state index in [1.165, 1.54) is 7.11 Å². The molecular weight excluding hydrogens is 308 g/mol. The fourth-order valence-electron chi connectivity index (χ4n) is 2.41. The van der Waals surface area contributed by atoms with Gasteiger partial charge in [-0.1, -0.05) is 6.07 Å². The predicted octanol–water partition coefficient (Wildman–Crippen LogP) is 3.20. The van der Waals surface area contributed by atoms with Crippen LogP contribution >= 0.6 is 0 Å². The molecule has 0 spiro atoms. The molecule has 3 aromatic rings. The van der Waals surface area contributed by atoms with Crippen molar-refractivity contribution in [2.24, 2.45) is 0 Å². The molecule has 6 heteroatoms. The first-order valence-corrected chi connectivity index (χ1v) is 7.42. The summed E-state index contributed by atoms with van der Waals surface area (Å²) in [5, 5.41) is 3.71. The molecule has 0 aliphatic rings. The number of hydrogen-bond acceptors (Lipinski definition) is 4. The zero-order chi connectivity index (χ0) is 16.9. The number of carbonyl (C=O) groups excluding carboxylic acids is 1. The number of aromatic amines is 1. The SMILES string of the molecule is COc1ccc(NC(=O)COc2cccc3[nH]ccc23)c(OC)c1. The summed E-state index contributed by atoms with van der Waals surface area (Å²) in [6.45, 7) is -0.0977. The van der Waals surface area contributed by atoms with Crippen molar-refractivity contribution < 1.29 is 19.0 Å². The molecule has 0 saturated heterocycles. The Hall–Kier alpha value is -3.15. The minimum absolute atomic E-state index is 0.0977. The zero-order valence-electron chi connectivity index (χ0n) is 13.5. The lowest BCUT2D eigenvalue weighted by molar-refractivity contribution is -0.118. The Morgan fingerprint density at radius 1 is 1.08 bits per heavy atom. The average Bonchev–Trinajstić information content (AvgIpc) is 3.09. The zero-order valence-corrected chi connectivity index (χ0v) is 13.5. The van der Waals surface area contributed by atoms with Crippen molar-refractivity contribution in [1.29, 1.82) is 0 Å². The van der Waals surface area contributed by atoms with Crippen LogP contribution < -0.4 is 19.5 Å². The van der Waals surface area contributed by atoms with Crippen molar-refractivity contribution in [2.45, 2.75) is 0 Å². The number of amides is 1. The summed E-state index contributed by atoms with van der Waals surface area (Å²) < 4.78 is 16.0. The lowest BCUT2D eigenvalue weighted by Crippen LogP contribution is -2.20. The largest absolute Gasteiger partial charge is 0.497 e. The number of rotatable bonds is 6. The standard InChI is InChI=1S/C18H18N2O4/c1-22-12-6-7-15(17(10-12)23-2)20-18(21)11-24-16-5-3-4-14-13(16)8-9-19-14/h3-10,19H,11H2,1-2H3,(H,20,21). The van der Waals surface area contributed by atoms with Gasteiger partial charge in [0.1, 0.15) is 17.2 Å². The number of methoxy groups -OCH3 is 2. The second-order valence-electron chi connectivity index (χ2n) is 5.10. The molecule has 1 amide bonds. The van der Waals surface area contributed by atoms with Crippen molar-refractivity contribution in [3.63, 3.8) is 0 Å². The average molecular weight is 326 g/mol. The number of H-pyrrole nitrogens is 1. The van der Waals surface area contributed by atoms with Gasteiger partial charge in [-0.15, -0.1) is 0 Å². The van der Waals surface area contributed by atoms with E-state index in [9.17, 15) is 4.79 Å². The van der Waals surface area contributed by atoms with E-state index >= 15 is 0 Å². The maximum atomic E-state index is 12.2. The van der Waals surface area contributed by atoms with Gasteiger partial charge in [-0.05, 0) is 30.3 Å². The molecule has 6 nitrogen and oxygen atoms in total. The fourth-order valence-corrected chi connectivity index (χ4v) is 2.41. The van der Waals surface area contributed by atoms with E-state index in [-0.39, 0.29) is 12.5 Å². The van der Waals surface area contributed by atoms with Crippen molar-refractivity contribution in [1.82, 2.24) is 4.98 Å². The number of fused-ring (bicyclic) bond motifs is 1. The molecule has 1 aromatic heterocycles. The van der Waals surface area contributed by atoms with E-state index in [1.54, 1.807) is 25.3 Å². The number of nitrogens with one attached hydrogen (secondary N) is 2. The normalized spacial score (nSPS) is 10.4. The highest BCUT2D eigenvalue weighted by atomic mass is 16.5. The van der Waals surface area contributed by atoms with Crippen LogP contribution in [0.15, 0.2) is 48.7 Å². The molecule has 2 aromatic carbocycles. The smallest absolute Gasteiger partial charge is 0.262 e. The van der Waals surface area contributed by atoms with Crippen molar-refractivity contribution in [3.8, 4) is 17.2 Å². The maximum Gasteiger partial charge on any atom is 0.262 e. The topological polar surface area (TPSA) is 72.6 Å². The van der Waals surface area contributed by atoms with Gasteiger partial charge in [0.2, 0.25) is 0 Å². The van der Waals surface area contributed by atoms with Gasteiger partial charge in [-0.25, -0.2) is 0 Å². The molecule has 3 rings (SSSR count). The molecule has 0 aliphatic heterocycles. The summed E-state index contributed by atoms with van der Waals surface area (Å²) >= 11 is 0. The van der Waals surface area contributed by atoms with Crippen LogP contribution in [0.3, 0.4) is 0 Å². The first kappa shape index (κ1) is 15.7. The summed E-state index contributed by atoms with van der Waals surface area (Å²) in [5.41, 5.74) is 1.52. The van der Waals surface area contributed by atoms with Crippen molar-refractivity contribution in [3.05, 3.63) is 48.7 Å². The Morgan fingerprint density at radius 2 is 1.96 bits per heavy atom. The molecule has 0 atom stereocenters. The molecule has 124 valence electrons. The van der Waals surface area contributed by atoms with Crippen molar-refractivity contribution >= 4 is 22.5 Å². The van der Waals surface area contributed by atoms with E-state index in [1.807, 2.05) is 30.5 Å². The van der Waals surface area contributed by atoms with Crippen LogP contribution in [0.4, 0.5) is 5.69 Å². The van der Waals surface area contributed by atoms with E-state index < -0.39 is 0 Å². The molecule has 2 N–H and O–H groups in total. The number of anilines is 1. The van der Waals surface area contributed by atoms with Crippen LogP contribution in [0.2, 0.25) is 0 Å². The van der Waals surface area contributed by atoms with Crippen LogP contribution in [0.5, 0.6) is 17.2 Å². The third-order valence-corrected chi connectivity index (χ3v) is 3.60. The summed E-state index contributed by atoms with van der Waals surface area (Å²) in [5.74, 6) is 1.56. The Bertz CT molecular complexity index is 857. The first-order chi connectivity index (χ1) is 11.7. The number of carbonyl (C=O) groups is 1. The van der Waals surface area contributed by atoms with E-state index in [0.29, 0.717) is 22.9 Å². The van der Waals surface area contributed by atoms with E-state index in [2.05, 4.69) is 10.3 Å². The van der Waals surface area contributed by atoms with Gasteiger partial charge in [0.15, 0.2) is 6.61 Å². The predicted molar refractivity (Wildman–Crippen MR) is 92.0 cm³/mol. The number of aromatic nitrogens is 1. The Kier molecular flexibility index (Phi) is 4.56. The molecule has 24 heavy (non-hydrogen) atoms. The first-order valence-electron chi connectivity index (χ1n) is 7.42. The molecule has 0 radical (unpaired) electrons. The number of hydrogen-bond donors (Lipinski definition) is 2. The van der Waals surface area contributed by atoms with Gasteiger partial charge in [0, 0.05) is 23.2 Å². The monoisotopic (exact) mass is 326 g/mol. The Labute approximate surface area is 139 Å². The second kappa shape index (κ2) is 6.95. The third kappa shape index (κ3) is 3.27. The van der Waals surface area contributed by atoms with Crippen LogP contribution in [-0.2, 0) is 4.79 Å². The van der Waals surface area contributed by atoms with Gasteiger partial charge in [-0.2, -0.15) is 0 Å². The number of ether oxygens (including phenoxy) is 3. The lowest BCUT2D eigenvalue weighted by atomic mass is 10.2. The summed E-state index contributed by atoms with van der Waals surface area (Å²) in [6, 6.07) is 12.7. The maximum absolute atomic E-state index is 12.2. The van der Waals surface area contributed by atoms with Gasteiger partial charge in [-0.3, -0.25) is 4.79 Å². The van der Waals surface area contributed by atoms with Gasteiger partial charge in [0.05, 0.1) is 19.9 Å². The Morgan fingerprint density at radius 3 is 2.75 bits per heavy atom. The molecule has 0 saturated carbocycles. The van der Waals surface area contributed by atoms with Gasteiger partial charge in [0.25, 0.3) is 5.91 Å². The van der Waals surface area contributed by atoms with E-state index in [0.717, 1.165) is 10.9 Å². The fraction of sp³-hybridized carbons (Fsp3) is 0.167. The van der Waals surface area contributed by atoms with Crippen molar-refractivity contribution in [2.75, 3.05) is 26.1 Å². The van der Waals surface area contributed by atoms with Crippen LogP contribution in [-0.4, -0.2) is 31.7 Å². The molecule has 0 bridgehead atoms. The minimum atomic E-state index is -0.272. The number of benzene rings is 2. The highest BCUT2D eigenvalue weighted by molar-refractivity contribution is 5.94. The highest BCUT2D eigenvalue weighted by Gasteiger charge is 2.10. The second-order valence-corrected chi connectivity index (χ2v) is 5.10. The summed E-state index contributed by atoms with van der Waals surface area (Å²) in [7, 11) is 3.11. The molecular formula is C18H18N2O4. The van der Waals surface area contributed by atoms with Gasteiger partial charge < -0.3 is 24.5 Å². The third-order valence-electron chi connectivity index (χ3n) is 3.60. The summed E-state index contributed by atoms with van der Waals surface area (Å²) in [4.78, 5) is 15.3. The van der Waals surface area contributed by atoms with Crippen LogP contribution in [0.1, 0.15) is 0 Å². The minimum Gasteiger partial charge on any atom is -0.497 e. The molecule has 0 aliphatic carbocycles. The molecule has 0 unspecified atom stereocenters. The van der Waals surface area contributed by atoms with E-state index in [4.69, 9.17) is 14.2 Å². The Balaban J connectivity index is 1.67. The molecule has 0 fully saturated rings.